The Morgan fingerprint density at radius 1 is 1.05 bits per heavy atom. The highest BCUT2D eigenvalue weighted by atomic mass is 32.2. The third-order valence-electron chi connectivity index (χ3n) is 2.95. The average molecular weight is 301 g/mol. The number of hydrogen-bond donors (Lipinski definition) is 0. The molecule has 0 radical (unpaired) electrons. The maximum Gasteiger partial charge on any atom is 0.227 e. The molecule has 2 aromatic carbocycles. The van der Waals surface area contributed by atoms with E-state index in [0.717, 1.165) is 29.3 Å². The van der Waals surface area contributed by atoms with Crippen LogP contribution in [0.1, 0.15) is 10.4 Å². The van der Waals surface area contributed by atoms with Gasteiger partial charge in [-0.15, -0.1) is 0 Å². The van der Waals surface area contributed by atoms with Crippen LogP contribution in [-0.2, 0) is 0 Å². The SMILES string of the molecule is O=C(Sc1cccc2cccnc12)c1ccc(F)cc1F. The van der Waals surface area contributed by atoms with Crippen LogP contribution in [-0.4, -0.2) is 10.1 Å². The normalized spacial score (nSPS) is 10.8. The van der Waals surface area contributed by atoms with Gasteiger partial charge in [0.2, 0.25) is 5.12 Å². The summed E-state index contributed by atoms with van der Waals surface area (Å²) in [5, 5.41) is 0.417. The van der Waals surface area contributed by atoms with Crippen LogP contribution >= 0.6 is 11.8 Å². The molecule has 2 nitrogen and oxygen atoms in total. The van der Waals surface area contributed by atoms with Gasteiger partial charge < -0.3 is 0 Å². The van der Waals surface area contributed by atoms with Crippen molar-refractivity contribution in [2.75, 3.05) is 0 Å². The number of nitrogens with zero attached hydrogens (tertiary/aromatic N) is 1. The number of halogens is 2. The van der Waals surface area contributed by atoms with E-state index in [1.165, 1.54) is 0 Å². The molecule has 21 heavy (non-hydrogen) atoms. The van der Waals surface area contributed by atoms with Crippen molar-refractivity contribution in [3.05, 3.63) is 71.9 Å². The molecule has 0 aliphatic carbocycles. The monoisotopic (exact) mass is 301 g/mol. The zero-order chi connectivity index (χ0) is 14.8. The molecule has 0 saturated heterocycles. The second-order valence-electron chi connectivity index (χ2n) is 4.34. The summed E-state index contributed by atoms with van der Waals surface area (Å²) in [6, 6.07) is 12.1. The number of carbonyl (C=O) groups excluding carboxylic acids is 1. The number of para-hydroxylation sites is 1. The second kappa shape index (κ2) is 5.61. The number of carbonyl (C=O) groups is 1. The molecule has 0 spiro atoms. The fraction of sp³-hybridized carbons (Fsp3) is 0. The molecule has 0 unspecified atom stereocenters. The van der Waals surface area contributed by atoms with Gasteiger partial charge in [0.25, 0.3) is 0 Å². The van der Waals surface area contributed by atoms with Crippen LogP contribution < -0.4 is 0 Å². The van der Waals surface area contributed by atoms with E-state index in [0.29, 0.717) is 16.5 Å². The van der Waals surface area contributed by atoms with E-state index < -0.39 is 16.7 Å². The highest BCUT2D eigenvalue weighted by Gasteiger charge is 2.15. The maximum atomic E-state index is 13.6. The first-order valence-corrected chi connectivity index (χ1v) is 6.98. The molecule has 0 amide bonds. The van der Waals surface area contributed by atoms with E-state index in [-0.39, 0.29) is 5.56 Å². The average Bonchev–Trinajstić information content (AvgIpc) is 2.47. The van der Waals surface area contributed by atoms with Crippen LogP contribution in [0.5, 0.6) is 0 Å². The van der Waals surface area contributed by atoms with E-state index in [2.05, 4.69) is 4.98 Å². The number of hydrogen-bond acceptors (Lipinski definition) is 3. The minimum Gasteiger partial charge on any atom is -0.281 e. The number of fused-ring (bicyclic) bond motifs is 1. The highest BCUT2D eigenvalue weighted by Crippen LogP contribution is 2.29. The zero-order valence-corrected chi connectivity index (χ0v) is 11.5. The molecular formula is C16H9F2NOS. The van der Waals surface area contributed by atoms with Gasteiger partial charge in [0.1, 0.15) is 11.6 Å². The van der Waals surface area contributed by atoms with Crippen LogP contribution in [0, 0.1) is 11.6 Å². The lowest BCUT2D eigenvalue weighted by Gasteiger charge is -2.05. The van der Waals surface area contributed by atoms with Crippen molar-refractivity contribution in [3.63, 3.8) is 0 Å². The van der Waals surface area contributed by atoms with Gasteiger partial charge >= 0.3 is 0 Å². The topological polar surface area (TPSA) is 30.0 Å². The van der Waals surface area contributed by atoms with E-state index in [1.807, 2.05) is 12.1 Å². The first-order valence-electron chi connectivity index (χ1n) is 6.16. The summed E-state index contributed by atoms with van der Waals surface area (Å²) >= 11 is 0.882. The van der Waals surface area contributed by atoms with E-state index in [1.54, 1.807) is 24.4 Å². The first kappa shape index (κ1) is 13.7. The summed E-state index contributed by atoms with van der Waals surface area (Å²) in [6.45, 7) is 0. The fourth-order valence-electron chi connectivity index (χ4n) is 1.97. The van der Waals surface area contributed by atoms with Crippen LogP contribution in [0.25, 0.3) is 10.9 Å². The van der Waals surface area contributed by atoms with Gasteiger partial charge in [0.15, 0.2) is 0 Å². The molecule has 0 saturated carbocycles. The lowest BCUT2D eigenvalue weighted by Crippen LogP contribution is -1.98. The summed E-state index contributed by atoms with van der Waals surface area (Å²) in [4.78, 5) is 17.0. The van der Waals surface area contributed by atoms with Crippen molar-refractivity contribution in [2.45, 2.75) is 4.90 Å². The lowest BCUT2D eigenvalue weighted by molar-refractivity contribution is 0.108. The van der Waals surface area contributed by atoms with Gasteiger partial charge in [-0.1, -0.05) is 18.2 Å². The molecule has 0 aliphatic rings. The highest BCUT2D eigenvalue weighted by molar-refractivity contribution is 8.14. The predicted molar refractivity (Wildman–Crippen MR) is 78.3 cm³/mol. The molecule has 1 aromatic heterocycles. The minimum atomic E-state index is -0.860. The summed E-state index contributed by atoms with van der Waals surface area (Å²) in [7, 11) is 0. The Balaban J connectivity index is 1.97. The molecule has 0 aliphatic heterocycles. The molecule has 5 heteroatoms. The van der Waals surface area contributed by atoms with Crippen LogP contribution in [0.4, 0.5) is 8.78 Å². The summed E-state index contributed by atoms with van der Waals surface area (Å²) in [5.74, 6) is -1.57. The Labute approximate surface area is 123 Å². The predicted octanol–water partition coefficient (Wildman–Crippen LogP) is 4.45. The third kappa shape index (κ3) is 2.78. The first-order chi connectivity index (χ1) is 10.1. The second-order valence-corrected chi connectivity index (χ2v) is 5.36. The van der Waals surface area contributed by atoms with E-state index in [4.69, 9.17) is 0 Å². The number of aromatic nitrogens is 1. The van der Waals surface area contributed by atoms with Gasteiger partial charge in [-0.2, -0.15) is 0 Å². The Morgan fingerprint density at radius 2 is 1.86 bits per heavy atom. The van der Waals surface area contributed by atoms with Crippen LogP contribution in [0.2, 0.25) is 0 Å². The zero-order valence-electron chi connectivity index (χ0n) is 10.7. The maximum absolute atomic E-state index is 13.6. The quantitative estimate of drug-likeness (QED) is 0.655. The van der Waals surface area contributed by atoms with Gasteiger partial charge in [0.05, 0.1) is 11.1 Å². The molecular weight excluding hydrogens is 292 g/mol. The molecule has 0 bridgehead atoms. The Hall–Kier alpha value is -2.27. The molecule has 0 fully saturated rings. The Morgan fingerprint density at radius 3 is 2.67 bits per heavy atom. The van der Waals surface area contributed by atoms with E-state index >= 15 is 0 Å². The van der Waals surface area contributed by atoms with Crippen molar-refractivity contribution in [1.29, 1.82) is 0 Å². The largest absolute Gasteiger partial charge is 0.281 e. The smallest absolute Gasteiger partial charge is 0.227 e. The van der Waals surface area contributed by atoms with Crippen LogP contribution in [0.15, 0.2) is 59.6 Å². The van der Waals surface area contributed by atoms with Gasteiger partial charge in [-0.05, 0) is 36.0 Å². The minimum absolute atomic E-state index is 0.144. The summed E-state index contributed by atoms with van der Waals surface area (Å²) in [5.41, 5.74) is 0.537. The molecule has 0 atom stereocenters. The van der Waals surface area contributed by atoms with Crippen molar-refractivity contribution in [2.24, 2.45) is 0 Å². The van der Waals surface area contributed by atoms with Gasteiger partial charge in [0, 0.05) is 22.5 Å². The molecule has 3 rings (SSSR count). The third-order valence-corrected chi connectivity index (χ3v) is 3.90. The summed E-state index contributed by atoms with van der Waals surface area (Å²) in [6.07, 6.45) is 1.63. The van der Waals surface area contributed by atoms with Crippen molar-refractivity contribution < 1.29 is 13.6 Å². The number of benzene rings is 2. The van der Waals surface area contributed by atoms with Gasteiger partial charge in [-0.3, -0.25) is 9.78 Å². The van der Waals surface area contributed by atoms with Crippen molar-refractivity contribution >= 4 is 27.8 Å². The Kier molecular flexibility index (Phi) is 3.66. The molecule has 104 valence electrons. The lowest BCUT2D eigenvalue weighted by atomic mass is 10.2. The van der Waals surface area contributed by atoms with Gasteiger partial charge in [-0.25, -0.2) is 8.78 Å². The molecule has 3 aromatic rings. The van der Waals surface area contributed by atoms with Crippen molar-refractivity contribution in [1.82, 2.24) is 4.98 Å². The standard InChI is InChI=1S/C16H9F2NOS/c17-11-6-7-12(13(18)9-11)16(20)21-14-5-1-3-10-4-2-8-19-15(10)14/h1-9H. The van der Waals surface area contributed by atoms with Crippen molar-refractivity contribution in [3.8, 4) is 0 Å². The molecule has 1 heterocycles. The number of thioether (sulfide) groups is 1. The summed E-state index contributed by atoms with van der Waals surface area (Å²) < 4.78 is 26.5. The van der Waals surface area contributed by atoms with E-state index in [9.17, 15) is 13.6 Å². The number of rotatable bonds is 2. The number of pyridine rings is 1. The molecule has 0 N–H and O–H groups in total. The van der Waals surface area contributed by atoms with Crippen LogP contribution in [0.3, 0.4) is 0 Å². The fourth-order valence-corrected chi connectivity index (χ4v) is 2.86. The Bertz CT molecular complexity index is 830.